The van der Waals surface area contributed by atoms with Crippen LogP contribution < -0.4 is 0 Å². The van der Waals surface area contributed by atoms with Crippen LogP contribution in [0.15, 0.2) is 23.1 Å². The second kappa shape index (κ2) is 3.69. The van der Waals surface area contributed by atoms with Gasteiger partial charge in [0.25, 0.3) is 0 Å². The van der Waals surface area contributed by atoms with Crippen molar-refractivity contribution in [3.8, 4) is 0 Å². The van der Waals surface area contributed by atoms with Gasteiger partial charge in [0.05, 0.1) is 0 Å². The van der Waals surface area contributed by atoms with E-state index >= 15 is 0 Å². The van der Waals surface area contributed by atoms with Gasteiger partial charge in [0.2, 0.25) is 5.78 Å². The molecule has 0 spiro atoms. The molecule has 0 radical (unpaired) electrons. The molecule has 0 N–H and O–H groups in total. The molecule has 0 heterocycles. The molecule has 1 nitrogen and oxygen atoms in total. The number of hydrogen-bond donors (Lipinski definition) is 0. The van der Waals surface area contributed by atoms with Crippen molar-refractivity contribution >= 4 is 17.5 Å². The summed E-state index contributed by atoms with van der Waals surface area (Å²) >= 11 is 0.432. The molecule has 92 valence electrons. The van der Waals surface area contributed by atoms with Crippen molar-refractivity contribution in [3.05, 3.63) is 29.3 Å². The summed E-state index contributed by atoms with van der Waals surface area (Å²) in [6, 6.07) is 2.04. The van der Waals surface area contributed by atoms with E-state index in [0.717, 1.165) is 12.1 Å². The van der Waals surface area contributed by atoms with Crippen molar-refractivity contribution in [1.29, 1.82) is 0 Å². The summed E-state index contributed by atoms with van der Waals surface area (Å²) in [6.07, 6.45) is 0. The number of Topliss-reactive ketones (excluding diaryl/α,β-unsaturated/α-hetero) is 1. The van der Waals surface area contributed by atoms with Crippen LogP contribution in [0.1, 0.15) is 15.9 Å². The largest absolute Gasteiger partial charge is 0.376 e. The molecule has 0 saturated carbocycles. The maximum absolute atomic E-state index is 13.3. The van der Waals surface area contributed by atoms with Crippen LogP contribution in [0.2, 0.25) is 0 Å². The molecule has 0 amide bonds. The summed E-state index contributed by atoms with van der Waals surface area (Å²) in [4.78, 5) is 11.1. The van der Waals surface area contributed by atoms with Crippen molar-refractivity contribution in [3.63, 3.8) is 0 Å². The number of halogens is 5. The van der Waals surface area contributed by atoms with Gasteiger partial charge in [-0.2, -0.15) is 17.6 Å². The number of ketones is 1. The number of alkyl halides is 5. The first-order valence-electron chi connectivity index (χ1n) is 4.46. The Morgan fingerprint density at radius 1 is 1.12 bits per heavy atom. The lowest BCUT2D eigenvalue weighted by Gasteiger charge is -2.16. The van der Waals surface area contributed by atoms with Crippen LogP contribution in [0, 0.1) is 0 Å². The Labute approximate surface area is 97.0 Å². The van der Waals surface area contributed by atoms with Crippen molar-refractivity contribution in [2.75, 3.05) is 6.01 Å². The molecule has 0 saturated heterocycles. The lowest BCUT2D eigenvalue weighted by Crippen LogP contribution is -2.37. The van der Waals surface area contributed by atoms with E-state index < -0.39 is 34.8 Å². The predicted molar refractivity (Wildman–Crippen MR) is 51.4 cm³/mol. The molecule has 0 unspecified atom stereocenters. The number of rotatable bonds is 2. The summed E-state index contributed by atoms with van der Waals surface area (Å²) in [7, 11) is 0. The molecule has 1 aliphatic carbocycles. The Bertz CT molecular complexity index is 486. The Kier molecular flexibility index (Phi) is 2.68. The highest BCUT2D eigenvalue weighted by atomic mass is 32.2. The Morgan fingerprint density at radius 2 is 1.76 bits per heavy atom. The smallest absolute Gasteiger partial charge is 0.287 e. The van der Waals surface area contributed by atoms with Crippen LogP contribution in [0.4, 0.5) is 22.0 Å². The van der Waals surface area contributed by atoms with E-state index in [-0.39, 0.29) is 4.90 Å². The second-order valence-corrected chi connectivity index (χ2v) is 4.36. The maximum atomic E-state index is 13.3. The highest BCUT2D eigenvalue weighted by molar-refractivity contribution is 7.99. The normalized spacial score (nSPS) is 20.4. The third-order valence-corrected chi connectivity index (χ3v) is 3.24. The van der Waals surface area contributed by atoms with E-state index in [1.54, 1.807) is 0 Å². The molecule has 17 heavy (non-hydrogen) atoms. The van der Waals surface area contributed by atoms with Gasteiger partial charge < -0.3 is 0 Å². The number of fused-ring (bicyclic) bond motifs is 1. The fourth-order valence-corrected chi connectivity index (χ4v) is 2.31. The van der Waals surface area contributed by atoms with E-state index in [9.17, 15) is 26.7 Å². The molecule has 0 fully saturated rings. The summed E-state index contributed by atoms with van der Waals surface area (Å²) in [5.41, 5.74) is -1.81. The fraction of sp³-hybridized carbons (Fsp3) is 0.300. The summed E-state index contributed by atoms with van der Waals surface area (Å²) in [5, 5.41) is 0. The minimum atomic E-state index is -4.76. The van der Waals surface area contributed by atoms with Crippen LogP contribution in [-0.4, -0.2) is 17.7 Å². The molecule has 0 bridgehead atoms. The van der Waals surface area contributed by atoms with E-state index in [4.69, 9.17) is 0 Å². The fourth-order valence-electron chi connectivity index (χ4n) is 1.67. The minimum absolute atomic E-state index is 0.188. The first kappa shape index (κ1) is 12.3. The Morgan fingerprint density at radius 3 is 2.35 bits per heavy atom. The number of thioether (sulfide) groups is 1. The quantitative estimate of drug-likeness (QED) is 0.602. The molecule has 1 aliphatic rings. The standard InChI is InChI=1S/C10H5F5OS/c11-4-17-6-3-1-2-5-7(6)8(16)10(14,15)9(5,12)13/h1-3H,4H2. The summed E-state index contributed by atoms with van der Waals surface area (Å²) in [6.45, 7) is 0. The zero-order chi connectivity index (χ0) is 12.8. The van der Waals surface area contributed by atoms with E-state index in [1.165, 1.54) is 6.07 Å². The minimum Gasteiger partial charge on any atom is -0.287 e. The van der Waals surface area contributed by atoms with Crippen molar-refractivity contribution in [2.24, 2.45) is 0 Å². The van der Waals surface area contributed by atoms with E-state index in [2.05, 4.69) is 0 Å². The van der Waals surface area contributed by atoms with E-state index in [1.807, 2.05) is 0 Å². The Balaban J connectivity index is 2.68. The molecular formula is C10H5F5OS. The zero-order valence-corrected chi connectivity index (χ0v) is 8.96. The summed E-state index contributed by atoms with van der Waals surface area (Å²) in [5.74, 6) is -11.2. The predicted octanol–water partition coefficient (Wildman–Crippen LogP) is 3.63. The zero-order valence-electron chi connectivity index (χ0n) is 8.15. The molecule has 0 aromatic heterocycles. The second-order valence-electron chi connectivity index (χ2n) is 3.41. The number of benzene rings is 1. The van der Waals surface area contributed by atoms with Crippen molar-refractivity contribution in [1.82, 2.24) is 0 Å². The van der Waals surface area contributed by atoms with E-state index in [0.29, 0.717) is 11.8 Å². The van der Waals surface area contributed by atoms with Crippen LogP contribution in [0.3, 0.4) is 0 Å². The molecule has 0 atom stereocenters. The van der Waals surface area contributed by atoms with Crippen LogP contribution in [0.5, 0.6) is 0 Å². The topological polar surface area (TPSA) is 17.1 Å². The molecule has 1 aromatic carbocycles. The van der Waals surface area contributed by atoms with Crippen LogP contribution in [0.25, 0.3) is 0 Å². The number of hydrogen-bond acceptors (Lipinski definition) is 2. The lowest BCUT2D eigenvalue weighted by molar-refractivity contribution is -0.176. The molecule has 1 aromatic rings. The van der Waals surface area contributed by atoms with Gasteiger partial charge in [-0.05, 0) is 6.07 Å². The van der Waals surface area contributed by atoms with Gasteiger partial charge in [0.15, 0.2) is 0 Å². The van der Waals surface area contributed by atoms with Crippen molar-refractivity contribution < 1.29 is 26.7 Å². The molecule has 0 aliphatic heterocycles. The lowest BCUT2D eigenvalue weighted by atomic mass is 10.1. The number of carbonyl (C=O) groups excluding carboxylic acids is 1. The molecule has 7 heteroatoms. The van der Waals surface area contributed by atoms with Gasteiger partial charge >= 0.3 is 11.8 Å². The van der Waals surface area contributed by atoms with Gasteiger partial charge in [-0.3, -0.25) is 4.79 Å². The van der Waals surface area contributed by atoms with Gasteiger partial charge in [-0.15, -0.1) is 0 Å². The Hall–Kier alpha value is -1.11. The van der Waals surface area contributed by atoms with Gasteiger partial charge in [-0.25, -0.2) is 4.39 Å². The SMILES string of the molecule is O=C1c2c(SCF)cccc2C(F)(F)C1(F)F. The average Bonchev–Trinajstić information content (AvgIpc) is 2.40. The maximum Gasteiger partial charge on any atom is 0.376 e. The van der Waals surface area contributed by atoms with Crippen molar-refractivity contribution in [2.45, 2.75) is 16.7 Å². The summed E-state index contributed by atoms with van der Waals surface area (Å²) < 4.78 is 65.0. The first-order valence-corrected chi connectivity index (χ1v) is 5.45. The van der Waals surface area contributed by atoms with Gasteiger partial charge in [0, 0.05) is 16.0 Å². The first-order chi connectivity index (χ1) is 7.84. The average molecular weight is 268 g/mol. The molecular weight excluding hydrogens is 263 g/mol. The van der Waals surface area contributed by atoms with Gasteiger partial charge in [-0.1, -0.05) is 23.9 Å². The monoisotopic (exact) mass is 268 g/mol. The number of carbonyl (C=O) groups is 1. The van der Waals surface area contributed by atoms with Gasteiger partial charge in [0.1, 0.15) is 6.01 Å². The van der Waals surface area contributed by atoms with Crippen LogP contribution >= 0.6 is 11.8 Å². The highest BCUT2D eigenvalue weighted by Crippen LogP contribution is 2.53. The van der Waals surface area contributed by atoms with Crippen LogP contribution in [-0.2, 0) is 5.92 Å². The highest BCUT2D eigenvalue weighted by Gasteiger charge is 2.69. The third kappa shape index (κ3) is 1.48. The molecule has 2 rings (SSSR count). The third-order valence-electron chi connectivity index (χ3n) is 2.48.